The highest BCUT2D eigenvalue weighted by atomic mass is 35.5. The summed E-state index contributed by atoms with van der Waals surface area (Å²) in [6.45, 7) is 4.17. The number of anilines is 1. The smallest absolute Gasteiger partial charge is 0.266 e. The van der Waals surface area contributed by atoms with Crippen LogP contribution in [0.4, 0.5) is 5.95 Å². The van der Waals surface area contributed by atoms with Crippen LogP contribution in [0.1, 0.15) is 63.7 Å². The van der Waals surface area contributed by atoms with Crippen LogP contribution >= 0.6 is 11.6 Å². The third-order valence-corrected chi connectivity index (χ3v) is 6.91. The van der Waals surface area contributed by atoms with Gasteiger partial charge in [-0.3, -0.25) is 4.57 Å². The van der Waals surface area contributed by atoms with E-state index in [2.05, 4.69) is 36.4 Å². The zero-order valence-corrected chi connectivity index (χ0v) is 19.1. The first-order valence-corrected chi connectivity index (χ1v) is 11.7. The number of ether oxygens (including phenoxy) is 1. The van der Waals surface area contributed by atoms with E-state index >= 15 is 0 Å². The van der Waals surface area contributed by atoms with Gasteiger partial charge in [0.2, 0.25) is 0 Å². The third-order valence-electron chi connectivity index (χ3n) is 5.41. The quantitative estimate of drug-likeness (QED) is 0.369. The Labute approximate surface area is 184 Å². The van der Waals surface area contributed by atoms with Crippen LogP contribution < -0.4 is 4.72 Å². The van der Waals surface area contributed by atoms with E-state index in [0.29, 0.717) is 16.8 Å². The number of rotatable bonds is 12. The summed E-state index contributed by atoms with van der Waals surface area (Å²) < 4.78 is 23.7. The van der Waals surface area contributed by atoms with E-state index in [4.69, 9.17) is 21.4 Å². The van der Waals surface area contributed by atoms with E-state index in [-0.39, 0.29) is 12.1 Å². The van der Waals surface area contributed by atoms with Gasteiger partial charge >= 0.3 is 0 Å². The van der Waals surface area contributed by atoms with Crippen LogP contribution in [0.15, 0.2) is 12.4 Å². The van der Waals surface area contributed by atoms with Crippen molar-refractivity contribution in [2.45, 2.75) is 69.3 Å². The molecule has 2 N–H and O–H groups in total. The predicted octanol–water partition coefficient (Wildman–Crippen LogP) is 2.79. The van der Waals surface area contributed by atoms with Gasteiger partial charge in [0.25, 0.3) is 5.95 Å². The molecule has 1 aliphatic rings. The van der Waals surface area contributed by atoms with E-state index < -0.39 is 22.7 Å². The summed E-state index contributed by atoms with van der Waals surface area (Å²) in [5.41, 5.74) is -0.0501. The van der Waals surface area contributed by atoms with E-state index in [0.717, 1.165) is 44.3 Å². The highest BCUT2D eigenvalue weighted by Crippen LogP contribution is 2.45. The Morgan fingerprint density at radius 2 is 2.00 bits per heavy atom. The van der Waals surface area contributed by atoms with E-state index in [1.165, 1.54) is 19.5 Å². The van der Waals surface area contributed by atoms with Crippen molar-refractivity contribution in [3.8, 4) is 0 Å². The molecule has 3 unspecified atom stereocenters. The molecule has 2 aromatic rings. The minimum atomic E-state index is -1.51. The molecule has 0 radical (unpaired) electrons. The maximum atomic E-state index is 13.1. The molecule has 11 heteroatoms. The molecular weight excluding hydrogens is 428 g/mol. The summed E-state index contributed by atoms with van der Waals surface area (Å²) in [6.07, 6.45) is 7.89. The van der Waals surface area contributed by atoms with Crippen LogP contribution in [0, 0.1) is 0 Å². The molecule has 0 spiro atoms. The van der Waals surface area contributed by atoms with Gasteiger partial charge in [-0.1, -0.05) is 18.0 Å². The number of nitrogens with zero attached hydrogens (tertiary/aromatic N) is 5. The lowest BCUT2D eigenvalue weighted by atomic mass is 10.2. The normalized spacial score (nSPS) is 18.1. The number of nitrogens with one attached hydrogen (secondary N) is 1. The van der Waals surface area contributed by atoms with Gasteiger partial charge in [0, 0.05) is 38.1 Å². The molecule has 0 aromatic carbocycles. The molecule has 9 nitrogen and oxygen atoms in total. The molecule has 2 heterocycles. The van der Waals surface area contributed by atoms with Gasteiger partial charge in [0.05, 0.1) is 16.4 Å². The number of methoxy groups -OCH3 is 1. The second kappa shape index (κ2) is 10.2. The number of halogens is 1. The SMILES string of the molecule is COC(c1ncc(Cl)cn1)C(C)[S+]([O-])Nc1nnc(CCCCCO)n1C1(C)CC1. The average molecular weight is 457 g/mol. The third kappa shape index (κ3) is 5.42. The van der Waals surface area contributed by atoms with Crippen molar-refractivity contribution in [3.05, 3.63) is 29.1 Å². The Kier molecular flexibility index (Phi) is 7.92. The maximum absolute atomic E-state index is 13.1. The topological polar surface area (TPSA) is 121 Å². The molecular formula is C19H29ClN6O3S. The second-order valence-corrected chi connectivity index (χ2v) is 9.81. The van der Waals surface area contributed by atoms with Gasteiger partial charge in [0.15, 0.2) is 17.2 Å². The van der Waals surface area contributed by atoms with Crippen LogP contribution in [0.3, 0.4) is 0 Å². The maximum Gasteiger partial charge on any atom is 0.266 e. The molecule has 0 amide bonds. The first-order valence-electron chi connectivity index (χ1n) is 10.1. The van der Waals surface area contributed by atoms with Crippen molar-refractivity contribution in [2.75, 3.05) is 18.4 Å². The molecule has 2 aromatic heterocycles. The summed E-state index contributed by atoms with van der Waals surface area (Å²) in [6, 6.07) is 0. The monoisotopic (exact) mass is 456 g/mol. The number of hydrogen-bond acceptors (Lipinski definition) is 8. The van der Waals surface area contributed by atoms with Crippen LogP contribution in [0.25, 0.3) is 0 Å². The summed E-state index contributed by atoms with van der Waals surface area (Å²) in [4.78, 5) is 8.40. The zero-order chi connectivity index (χ0) is 21.7. The molecule has 3 rings (SSSR count). The van der Waals surface area contributed by atoms with Gasteiger partial charge in [0.1, 0.15) is 5.82 Å². The largest absolute Gasteiger partial charge is 0.593 e. The van der Waals surface area contributed by atoms with Crippen molar-refractivity contribution in [2.24, 2.45) is 0 Å². The fourth-order valence-electron chi connectivity index (χ4n) is 3.36. The lowest BCUT2D eigenvalue weighted by Crippen LogP contribution is -2.34. The summed E-state index contributed by atoms with van der Waals surface area (Å²) >= 11 is 4.35. The van der Waals surface area contributed by atoms with Crippen LogP contribution in [0.2, 0.25) is 5.02 Å². The zero-order valence-electron chi connectivity index (χ0n) is 17.5. The molecule has 0 bridgehead atoms. The standard InChI is InChI=1S/C19H29ClN6O3S/c1-13(16(29-3)17-21-11-14(20)12-22-17)30(28)25-18-24-23-15(7-5-4-6-10-27)26(18)19(2)8-9-19/h11-13,16,27H,4-10H2,1-3H3,(H,24,25). The highest BCUT2D eigenvalue weighted by molar-refractivity contribution is 7.93. The van der Waals surface area contributed by atoms with Gasteiger partial charge in [-0.15, -0.1) is 10.2 Å². The Hall–Kier alpha value is -1.46. The molecule has 0 aliphatic heterocycles. The van der Waals surface area contributed by atoms with E-state index in [9.17, 15) is 4.55 Å². The molecule has 166 valence electrons. The Morgan fingerprint density at radius 1 is 1.30 bits per heavy atom. The summed E-state index contributed by atoms with van der Waals surface area (Å²) in [5.74, 6) is 1.80. The van der Waals surface area contributed by atoms with Crippen molar-refractivity contribution >= 4 is 28.9 Å². The van der Waals surface area contributed by atoms with Gasteiger partial charge in [-0.2, -0.15) is 4.72 Å². The first-order chi connectivity index (χ1) is 14.4. The molecule has 0 saturated heterocycles. The van der Waals surface area contributed by atoms with Gasteiger partial charge in [-0.25, -0.2) is 9.97 Å². The summed E-state index contributed by atoms with van der Waals surface area (Å²) in [7, 11) is 1.54. The Balaban J connectivity index is 1.72. The minimum Gasteiger partial charge on any atom is -0.593 e. The van der Waals surface area contributed by atoms with Gasteiger partial charge < -0.3 is 14.4 Å². The first kappa shape index (κ1) is 23.2. The van der Waals surface area contributed by atoms with Crippen LogP contribution in [-0.4, -0.2) is 53.4 Å². The second-order valence-electron chi connectivity index (χ2n) is 7.83. The summed E-state index contributed by atoms with van der Waals surface area (Å²) in [5, 5.41) is 17.6. The fraction of sp³-hybridized carbons (Fsp3) is 0.684. The fourth-order valence-corrected chi connectivity index (χ4v) is 4.41. The van der Waals surface area contributed by atoms with Gasteiger partial charge in [-0.05, 0) is 39.5 Å². The number of aromatic nitrogens is 5. The molecule has 1 saturated carbocycles. The number of aliphatic hydroxyl groups excluding tert-OH is 1. The van der Waals surface area contributed by atoms with E-state index in [1.807, 2.05) is 6.92 Å². The predicted molar refractivity (Wildman–Crippen MR) is 116 cm³/mol. The average Bonchev–Trinajstić information content (AvgIpc) is 3.34. The van der Waals surface area contributed by atoms with E-state index in [1.54, 1.807) is 0 Å². The molecule has 30 heavy (non-hydrogen) atoms. The molecule has 1 aliphatic carbocycles. The van der Waals surface area contributed by atoms with Crippen molar-refractivity contribution < 1.29 is 14.4 Å². The Morgan fingerprint density at radius 3 is 2.60 bits per heavy atom. The lowest BCUT2D eigenvalue weighted by Gasteiger charge is -2.25. The van der Waals surface area contributed by atoms with Crippen molar-refractivity contribution in [3.63, 3.8) is 0 Å². The highest BCUT2D eigenvalue weighted by Gasteiger charge is 2.44. The lowest BCUT2D eigenvalue weighted by molar-refractivity contribution is 0.0950. The number of hydrogen-bond donors (Lipinski definition) is 2. The minimum absolute atomic E-state index is 0.0501. The molecule has 3 atom stereocenters. The van der Waals surface area contributed by atoms with Crippen LogP contribution in [-0.2, 0) is 28.1 Å². The van der Waals surface area contributed by atoms with Crippen LogP contribution in [0.5, 0.6) is 0 Å². The number of unbranched alkanes of at least 4 members (excludes halogenated alkanes) is 2. The van der Waals surface area contributed by atoms with Crippen molar-refractivity contribution in [1.29, 1.82) is 0 Å². The number of aliphatic hydroxyl groups is 1. The Bertz CT molecular complexity index is 817. The number of aryl methyl sites for hydroxylation is 1. The van der Waals surface area contributed by atoms with Crippen molar-refractivity contribution in [1.82, 2.24) is 24.7 Å². The molecule has 1 fully saturated rings.